The van der Waals surface area contributed by atoms with Crippen LogP contribution in [0.4, 0.5) is 5.69 Å². The highest BCUT2D eigenvalue weighted by molar-refractivity contribution is 7.21. The normalized spacial score (nSPS) is 11.0. The minimum atomic E-state index is -0.457. The molecule has 130 valence electrons. The summed E-state index contributed by atoms with van der Waals surface area (Å²) in [6.45, 7) is 0. The van der Waals surface area contributed by atoms with Gasteiger partial charge in [-0.2, -0.15) is 0 Å². The Morgan fingerprint density at radius 2 is 1.96 bits per heavy atom. The third-order valence-corrected chi connectivity index (χ3v) is 5.38. The summed E-state index contributed by atoms with van der Waals surface area (Å²) in [6.07, 6.45) is 0. The highest BCUT2D eigenvalue weighted by Gasteiger charge is 2.16. The maximum Gasteiger partial charge on any atom is 0.345 e. The molecule has 5 nitrogen and oxygen atoms in total. The van der Waals surface area contributed by atoms with Crippen LogP contribution in [0.25, 0.3) is 21.1 Å². The molecule has 4 rings (SSSR count). The van der Waals surface area contributed by atoms with Crippen molar-refractivity contribution in [3.05, 3.63) is 68.9 Å². The maximum atomic E-state index is 12.6. The summed E-state index contributed by atoms with van der Waals surface area (Å²) < 4.78 is 11.1. The van der Waals surface area contributed by atoms with Gasteiger partial charge in [-0.1, -0.05) is 23.7 Å². The topological polar surface area (TPSA) is 68.5 Å². The molecule has 0 saturated carbocycles. The van der Waals surface area contributed by atoms with E-state index in [0.29, 0.717) is 32.3 Å². The average Bonchev–Trinajstić information content (AvgIpc) is 3.08. The number of hydrogen-bond donors (Lipinski definition) is 1. The molecule has 0 aliphatic rings. The summed E-state index contributed by atoms with van der Waals surface area (Å²) in [5.74, 6) is 0.200. The quantitative estimate of drug-likeness (QED) is 0.508. The molecule has 4 aromatic rings. The van der Waals surface area contributed by atoms with Crippen LogP contribution in [-0.2, 0) is 0 Å². The summed E-state index contributed by atoms with van der Waals surface area (Å²) in [6, 6.07) is 13.8. The van der Waals surface area contributed by atoms with Crippen LogP contribution < -0.4 is 15.7 Å². The van der Waals surface area contributed by atoms with E-state index in [-0.39, 0.29) is 5.91 Å². The third-order valence-electron chi connectivity index (χ3n) is 3.92. The van der Waals surface area contributed by atoms with E-state index in [1.165, 1.54) is 18.4 Å². The van der Waals surface area contributed by atoms with Crippen molar-refractivity contribution in [3.63, 3.8) is 0 Å². The largest absolute Gasteiger partial charge is 0.495 e. The molecule has 0 bridgehead atoms. The molecule has 0 aliphatic carbocycles. The fourth-order valence-electron chi connectivity index (χ4n) is 2.69. The number of nitrogens with one attached hydrogen (secondary N) is 1. The van der Waals surface area contributed by atoms with E-state index < -0.39 is 5.63 Å². The lowest BCUT2D eigenvalue weighted by molar-refractivity contribution is 0.103. The minimum Gasteiger partial charge on any atom is -0.495 e. The van der Waals surface area contributed by atoms with E-state index in [1.54, 1.807) is 36.4 Å². The SMILES string of the molecule is COc1ccc(NC(=O)c2cc3c(=O)oc4ccccc4c3s2)cc1Cl. The van der Waals surface area contributed by atoms with Gasteiger partial charge in [-0.15, -0.1) is 11.3 Å². The van der Waals surface area contributed by atoms with Crippen molar-refractivity contribution in [2.75, 3.05) is 12.4 Å². The standard InChI is InChI=1S/C19H12ClNO4S/c1-24-15-7-6-10(8-13(15)20)21-18(22)16-9-12-17(26-16)11-4-2-3-5-14(11)25-19(12)23/h2-9H,1H3,(H,21,22). The van der Waals surface area contributed by atoms with Crippen molar-refractivity contribution in [2.45, 2.75) is 0 Å². The number of anilines is 1. The van der Waals surface area contributed by atoms with Gasteiger partial charge in [-0.05, 0) is 36.4 Å². The molecule has 0 saturated heterocycles. The lowest BCUT2D eigenvalue weighted by atomic mass is 10.2. The highest BCUT2D eigenvalue weighted by atomic mass is 35.5. The first-order valence-corrected chi connectivity index (χ1v) is 8.86. The van der Waals surface area contributed by atoms with Gasteiger partial charge in [-0.3, -0.25) is 4.79 Å². The molecular weight excluding hydrogens is 374 g/mol. The Balaban J connectivity index is 1.73. The van der Waals surface area contributed by atoms with E-state index >= 15 is 0 Å². The van der Waals surface area contributed by atoms with Crippen LogP contribution in [0, 0.1) is 0 Å². The zero-order chi connectivity index (χ0) is 18.3. The van der Waals surface area contributed by atoms with Gasteiger partial charge in [0.05, 0.1) is 27.1 Å². The molecule has 0 spiro atoms. The predicted molar refractivity (Wildman–Crippen MR) is 104 cm³/mol. The molecule has 2 aromatic carbocycles. The molecule has 1 N–H and O–H groups in total. The zero-order valence-corrected chi connectivity index (χ0v) is 15.1. The van der Waals surface area contributed by atoms with Gasteiger partial charge in [0.15, 0.2) is 0 Å². The van der Waals surface area contributed by atoms with Crippen LogP contribution in [0.3, 0.4) is 0 Å². The van der Waals surface area contributed by atoms with Crippen LogP contribution in [0.15, 0.2) is 57.7 Å². The summed E-state index contributed by atoms with van der Waals surface area (Å²) in [5.41, 5.74) is 0.581. The zero-order valence-electron chi connectivity index (χ0n) is 13.5. The fraction of sp³-hybridized carbons (Fsp3) is 0.0526. The first kappa shape index (κ1) is 16.6. The first-order valence-electron chi connectivity index (χ1n) is 7.67. The van der Waals surface area contributed by atoms with Crippen LogP contribution >= 0.6 is 22.9 Å². The fourth-order valence-corrected chi connectivity index (χ4v) is 4.02. The maximum absolute atomic E-state index is 12.6. The number of para-hydroxylation sites is 1. The third kappa shape index (κ3) is 2.83. The Morgan fingerprint density at radius 1 is 1.15 bits per heavy atom. The summed E-state index contributed by atoms with van der Waals surface area (Å²) >= 11 is 7.33. The second-order valence-electron chi connectivity index (χ2n) is 5.54. The van der Waals surface area contributed by atoms with Crippen molar-refractivity contribution < 1.29 is 13.9 Å². The number of hydrogen-bond acceptors (Lipinski definition) is 5. The smallest absolute Gasteiger partial charge is 0.345 e. The van der Waals surface area contributed by atoms with Crippen LogP contribution in [-0.4, -0.2) is 13.0 Å². The Kier molecular flexibility index (Phi) is 4.14. The molecule has 1 amide bonds. The van der Waals surface area contributed by atoms with Gasteiger partial charge in [-0.25, -0.2) is 4.79 Å². The van der Waals surface area contributed by atoms with E-state index in [9.17, 15) is 9.59 Å². The minimum absolute atomic E-state index is 0.323. The summed E-state index contributed by atoms with van der Waals surface area (Å²) in [5, 5.41) is 4.37. The Labute approximate surface area is 156 Å². The molecule has 7 heteroatoms. The lowest BCUT2D eigenvalue weighted by Crippen LogP contribution is -2.10. The lowest BCUT2D eigenvalue weighted by Gasteiger charge is -2.07. The number of thiophene rings is 1. The molecule has 0 fully saturated rings. The van der Waals surface area contributed by atoms with Crippen molar-refractivity contribution in [3.8, 4) is 5.75 Å². The highest BCUT2D eigenvalue weighted by Crippen LogP contribution is 2.32. The Bertz CT molecular complexity index is 1210. The van der Waals surface area contributed by atoms with Gasteiger partial charge in [0.2, 0.25) is 0 Å². The molecule has 0 aliphatic heterocycles. The van der Waals surface area contributed by atoms with E-state index in [4.69, 9.17) is 20.8 Å². The van der Waals surface area contributed by atoms with E-state index in [0.717, 1.165) is 10.1 Å². The monoisotopic (exact) mass is 385 g/mol. The molecule has 2 aromatic heterocycles. The van der Waals surface area contributed by atoms with E-state index in [1.807, 2.05) is 12.1 Å². The predicted octanol–water partition coefficient (Wildman–Crippen LogP) is 4.92. The van der Waals surface area contributed by atoms with Crippen molar-refractivity contribution in [1.82, 2.24) is 0 Å². The number of halogens is 1. The molecule has 2 heterocycles. The number of ether oxygens (including phenoxy) is 1. The number of carbonyl (C=O) groups is 1. The van der Waals surface area contributed by atoms with Gasteiger partial charge in [0, 0.05) is 11.1 Å². The summed E-state index contributed by atoms with van der Waals surface area (Å²) in [4.78, 5) is 25.2. The van der Waals surface area contributed by atoms with Crippen molar-refractivity contribution in [2.24, 2.45) is 0 Å². The second kappa shape index (κ2) is 6.48. The van der Waals surface area contributed by atoms with Crippen LogP contribution in [0.2, 0.25) is 5.02 Å². The number of amides is 1. The van der Waals surface area contributed by atoms with Crippen LogP contribution in [0.5, 0.6) is 5.75 Å². The van der Waals surface area contributed by atoms with Gasteiger partial charge >= 0.3 is 5.63 Å². The van der Waals surface area contributed by atoms with Crippen molar-refractivity contribution in [1.29, 1.82) is 0 Å². The second-order valence-corrected chi connectivity index (χ2v) is 7.00. The molecule has 0 radical (unpaired) electrons. The van der Waals surface area contributed by atoms with Gasteiger partial charge in [0.1, 0.15) is 11.3 Å². The average molecular weight is 386 g/mol. The number of rotatable bonds is 3. The van der Waals surface area contributed by atoms with Gasteiger partial charge in [0.25, 0.3) is 5.91 Å². The Hall–Kier alpha value is -2.83. The molecule has 0 atom stereocenters. The van der Waals surface area contributed by atoms with E-state index in [2.05, 4.69) is 5.32 Å². The number of fused-ring (bicyclic) bond motifs is 3. The Morgan fingerprint density at radius 3 is 2.73 bits per heavy atom. The number of methoxy groups -OCH3 is 1. The molecular formula is C19H12ClNO4S. The number of benzene rings is 2. The first-order chi connectivity index (χ1) is 12.6. The molecule has 26 heavy (non-hydrogen) atoms. The van der Waals surface area contributed by atoms with Crippen molar-refractivity contribution >= 4 is 55.6 Å². The number of carbonyl (C=O) groups excluding carboxylic acids is 1. The molecule has 0 unspecified atom stereocenters. The summed E-state index contributed by atoms with van der Waals surface area (Å²) in [7, 11) is 1.52. The van der Waals surface area contributed by atoms with Crippen LogP contribution in [0.1, 0.15) is 9.67 Å². The van der Waals surface area contributed by atoms with Gasteiger partial charge < -0.3 is 14.5 Å².